The number of carboxylic acids is 1. The topological polar surface area (TPSA) is 98.7 Å². The Morgan fingerprint density at radius 3 is 2.61 bits per heavy atom. The summed E-state index contributed by atoms with van der Waals surface area (Å²) >= 11 is 0. The molecule has 1 saturated heterocycles. The molecule has 1 aromatic rings. The highest BCUT2D eigenvalue weighted by atomic mass is 16.4. The van der Waals surface area contributed by atoms with Crippen molar-refractivity contribution in [2.24, 2.45) is 5.92 Å². The predicted molar refractivity (Wildman–Crippen MR) is 83.7 cm³/mol. The van der Waals surface area contributed by atoms with E-state index in [1.54, 1.807) is 11.9 Å². The molecule has 0 spiro atoms. The highest BCUT2D eigenvalue weighted by Crippen LogP contribution is 2.36. The van der Waals surface area contributed by atoms with Gasteiger partial charge in [0.25, 0.3) is 0 Å². The fourth-order valence-corrected chi connectivity index (χ4v) is 2.85. The summed E-state index contributed by atoms with van der Waals surface area (Å²) in [5.74, 6) is -0.922. The Labute approximate surface area is 134 Å². The van der Waals surface area contributed by atoms with E-state index in [-0.39, 0.29) is 30.8 Å². The maximum Gasteiger partial charge on any atom is 0.314 e. The van der Waals surface area contributed by atoms with Gasteiger partial charge in [-0.15, -0.1) is 0 Å². The number of rotatable bonds is 6. The van der Waals surface area contributed by atoms with Crippen LogP contribution in [0, 0.1) is 5.92 Å². The minimum absolute atomic E-state index is 0.0138. The van der Waals surface area contributed by atoms with E-state index in [9.17, 15) is 14.4 Å². The van der Waals surface area contributed by atoms with Gasteiger partial charge in [0.05, 0.1) is 12.5 Å². The highest BCUT2D eigenvalue weighted by Gasteiger charge is 2.38. The standard InChI is InChI=1S/C16H21N3O4/c1-19-13(20)9-12(15(19)11-5-3-2-4-6-11)10-18-16(23)17-8-7-14(21)22/h2-6,12,15H,7-10H2,1H3,(H,21,22)(H2,17,18,23)/t12-,15-/m0/s1. The van der Waals surface area contributed by atoms with Crippen LogP contribution in [-0.2, 0) is 9.59 Å². The van der Waals surface area contributed by atoms with Crippen LogP contribution in [0.3, 0.4) is 0 Å². The van der Waals surface area contributed by atoms with Gasteiger partial charge in [0.2, 0.25) is 5.91 Å². The number of nitrogens with one attached hydrogen (secondary N) is 2. The minimum Gasteiger partial charge on any atom is -0.481 e. The molecule has 1 aliphatic heterocycles. The molecule has 0 aromatic heterocycles. The van der Waals surface area contributed by atoms with Crippen LogP contribution in [0.1, 0.15) is 24.4 Å². The van der Waals surface area contributed by atoms with Gasteiger partial charge in [0.1, 0.15) is 0 Å². The number of aliphatic carboxylic acids is 1. The molecule has 124 valence electrons. The van der Waals surface area contributed by atoms with Crippen molar-refractivity contribution in [3.05, 3.63) is 35.9 Å². The molecule has 2 rings (SSSR count). The fraction of sp³-hybridized carbons (Fsp3) is 0.438. The zero-order valence-corrected chi connectivity index (χ0v) is 13.0. The molecule has 0 radical (unpaired) electrons. The third-order valence-electron chi connectivity index (χ3n) is 3.98. The largest absolute Gasteiger partial charge is 0.481 e. The lowest BCUT2D eigenvalue weighted by molar-refractivity contribution is -0.136. The van der Waals surface area contributed by atoms with E-state index in [4.69, 9.17) is 5.11 Å². The maximum atomic E-state index is 12.0. The van der Waals surface area contributed by atoms with Gasteiger partial charge in [-0.05, 0) is 5.56 Å². The van der Waals surface area contributed by atoms with Crippen LogP contribution in [0.25, 0.3) is 0 Å². The van der Waals surface area contributed by atoms with Crippen LogP contribution < -0.4 is 10.6 Å². The van der Waals surface area contributed by atoms with Gasteiger partial charge >= 0.3 is 12.0 Å². The number of benzene rings is 1. The van der Waals surface area contributed by atoms with Gasteiger partial charge < -0.3 is 20.6 Å². The van der Waals surface area contributed by atoms with E-state index in [1.807, 2.05) is 30.3 Å². The number of amides is 3. The molecule has 2 atom stereocenters. The molecule has 3 N–H and O–H groups in total. The zero-order valence-electron chi connectivity index (χ0n) is 13.0. The maximum absolute atomic E-state index is 12.0. The van der Waals surface area contributed by atoms with Crippen LogP contribution in [0.15, 0.2) is 30.3 Å². The second-order valence-corrected chi connectivity index (χ2v) is 5.60. The first-order chi connectivity index (χ1) is 11.0. The molecule has 0 bridgehead atoms. The second-order valence-electron chi connectivity index (χ2n) is 5.60. The van der Waals surface area contributed by atoms with Gasteiger partial charge in [0, 0.05) is 32.5 Å². The van der Waals surface area contributed by atoms with E-state index >= 15 is 0 Å². The average molecular weight is 319 g/mol. The molecule has 1 heterocycles. The third-order valence-corrected chi connectivity index (χ3v) is 3.98. The zero-order chi connectivity index (χ0) is 16.8. The summed E-state index contributed by atoms with van der Waals surface area (Å²) in [7, 11) is 1.77. The molecular formula is C16H21N3O4. The van der Waals surface area contributed by atoms with Gasteiger partial charge in [0.15, 0.2) is 0 Å². The SMILES string of the molecule is CN1C(=O)C[C@@H](CNC(=O)NCCC(=O)O)[C@@H]1c1ccccc1. The summed E-state index contributed by atoms with van der Waals surface area (Å²) in [5.41, 5.74) is 1.04. The third kappa shape index (κ3) is 4.45. The molecule has 23 heavy (non-hydrogen) atoms. The Kier molecular flexibility index (Phi) is 5.56. The van der Waals surface area contributed by atoms with Crippen LogP contribution >= 0.6 is 0 Å². The number of likely N-dealkylation sites (tertiary alicyclic amines) is 1. The lowest BCUT2D eigenvalue weighted by atomic mass is 9.94. The van der Waals surface area contributed by atoms with Crippen molar-refractivity contribution in [1.82, 2.24) is 15.5 Å². The molecule has 0 unspecified atom stereocenters. The van der Waals surface area contributed by atoms with Gasteiger partial charge in [-0.3, -0.25) is 9.59 Å². The lowest BCUT2D eigenvalue weighted by Gasteiger charge is -2.25. The monoisotopic (exact) mass is 319 g/mol. The van der Waals surface area contributed by atoms with Crippen LogP contribution in [0.2, 0.25) is 0 Å². The molecule has 7 heteroatoms. The van der Waals surface area contributed by atoms with E-state index in [0.29, 0.717) is 13.0 Å². The summed E-state index contributed by atoms with van der Waals surface area (Å²) in [6.45, 7) is 0.432. The number of hydrogen-bond donors (Lipinski definition) is 3. The number of urea groups is 1. The molecular weight excluding hydrogens is 298 g/mol. The molecule has 1 aliphatic rings. The molecule has 1 fully saturated rings. The molecule has 1 aromatic carbocycles. The van der Waals surface area contributed by atoms with Gasteiger partial charge in [-0.1, -0.05) is 30.3 Å². The average Bonchev–Trinajstić information content (AvgIpc) is 2.80. The number of carboxylic acid groups (broad SMARTS) is 1. The van der Waals surface area contributed by atoms with E-state index in [0.717, 1.165) is 5.56 Å². The van der Waals surface area contributed by atoms with Crippen LogP contribution in [-0.4, -0.2) is 48.1 Å². The number of carbonyl (C=O) groups is 3. The van der Waals surface area contributed by atoms with E-state index in [2.05, 4.69) is 10.6 Å². The second kappa shape index (κ2) is 7.62. The Morgan fingerprint density at radius 1 is 1.26 bits per heavy atom. The van der Waals surface area contributed by atoms with Gasteiger partial charge in [-0.25, -0.2) is 4.79 Å². The van der Waals surface area contributed by atoms with E-state index < -0.39 is 12.0 Å². The molecule has 0 saturated carbocycles. The predicted octanol–water partition coefficient (Wildman–Crippen LogP) is 0.980. The van der Waals surface area contributed by atoms with Crippen molar-refractivity contribution < 1.29 is 19.5 Å². The molecule has 0 aliphatic carbocycles. The van der Waals surface area contributed by atoms with E-state index in [1.165, 1.54) is 0 Å². The number of nitrogens with zero attached hydrogens (tertiary/aromatic N) is 1. The van der Waals surface area contributed by atoms with Crippen molar-refractivity contribution in [1.29, 1.82) is 0 Å². The van der Waals surface area contributed by atoms with Crippen molar-refractivity contribution in [2.45, 2.75) is 18.9 Å². The summed E-state index contributed by atoms with van der Waals surface area (Å²) in [6, 6.07) is 9.23. The van der Waals surface area contributed by atoms with Crippen molar-refractivity contribution in [2.75, 3.05) is 20.1 Å². The molecule has 3 amide bonds. The Hall–Kier alpha value is -2.57. The smallest absolute Gasteiger partial charge is 0.314 e. The quantitative estimate of drug-likeness (QED) is 0.728. The first-order valence-corrected chi connectivity index (χ1v) is 7.53. The summed E-state index contributed by atoms with van der Waals surface area (Å²) in [4.78, 5) is 35.8. The van der Waals surface area contributed by atoms with Crippen molar-refractivity contribution >= 4 is 17.9 Å². The van der Waals surface area contributed by atoms with Crippen LogP contribution in [0.4, 0.5) is 4.79 Å². The highest BCUT2D eigenvalue weighted by molar-refractivity contribution is 5.80. The summed E-state index contributed by atoms with van der Waals surface area (Å²) < 4.78 is 0. The minimum atomic E-state index is -0.961. The summed E-state index contributed by atoms with van der Waals surface area (Å²) in [6.07, 6.45) is 0.260. The Balaban J connectivity index is 1.91. The van der Waals surface area contributed by atoms with Crippen molar-refractivity contribution in [3.63, 3.8) is 0 Å². The van der Waals surface area contributed by atoms with Crippen molar-refractivity contribution in [3.8, 4) is 0 Å². The first kappa shape index (κ1) is 16.8. The number of carbonyl (C=O) groups excluding carboxylic acids is 2. The Morgan fingerprint density at radius 2 is 1.96 bits per heavy atom. The molecule has 7 nitrogen and oxygen atoms in total. The lowest BCUT2D eigenvalue weighted by Crippen LogP contribution is -2.40. The summed E-state index contributed by atoms with van der Waals surface area (Å²) in [5, 5.41) is 13.7. The number of hydrogen-bond acceptors (Lipinski definition) is 3. The van der Waals surface area contributed by atoms with Gasteiger partial charge in [-0.2, -0.15) is 0 Å². The normalized spacial score (nSPS) is 20.4. The first-order valence-electron chi connectivity index (χ1n) is 7.53. The van der Waals surface area contributed by atoms with Crippen LogP contribution in [0.5, 0.6) is 0 Å². The Bertz CT molecular complexity index is 576. The fourth-order valence-electron chi connectivity index (χ4n) is 2.85.